The zero-order chi connectivity index (χ0) is 24.8. The van der Waals surface area contributed by atoms with E-state index in [2.05, 4.69) is 10.1 Å². The van der Waals surface area contributed by atoms with Crippen LogP contribution in [-0.2, 0) is 24.3 Å². The Morgan fingerprint density at radius 2 is 1.61 bits per heavy atom. The summed E-state index contributed by atoms with van der Waals surface area (Å²) in [6.45, 7) is 1.74. The van der Waals surface area contributed by atoms with Crippen molar-refractivity contribution in [3.05, 3.63) is 53.6 Å². The molecule has 33 heavy (non-hydrogen) atoms. The zero-order valence-electron chi connectivity index (χ0n) is 18.9. The van der Waals surface area contributed by atoms with Gasteiger partial charge in [-0.25, -0.2) is 18.0 Å². The third-order valence-electron chi connectivity index (χ3n) is 4.74. The molecule has 2 aromatic carbocycles. The molecule has 0 radical (unpaired) electrons. The van der Waals surface area contributed by atoms with E-state index in [1.54, 1.807) is 31.2 Å². The molecule has 0 saturated heterocycles. The summed E-state index contributed by atoms with van der Waals surface area (Å²) in [5, 5.41) is 2.61. The number of benzene rings is 2. The smallest absolute Gasteiger partial charge is 0.339 e. The van der Waals surface area contributed by atoms with Gasteiger partial charge in [0.1, 0.15) is 5.75 Å². The molecule has 0 bridgehead atoms. The van der Waals surface area contributed by atoms with Gasteiger partial charge in [-0.3, -0.25) is 9.10 Å². The number of ether oxygens (including phenoxy) is 3. The minimum absolute atomic E-state index is 0.0570. The van der Waals surface area contributed by atoms with Gasteiger partial charge in [-0.2, -0.15) is 0 Å². The van der Waals surface area contributed by atoms with Crippen LogP contribution in [0.15, 0.2) is 42.5 Å². The Morgan fingerprint density at radius 1 is 1.00 bits per heavy atom. The van der Waals surface area contributed by atoms with Crippen LogP contribution in [0.2, 0.25) is 0 Å². The summed E-state index contributed by atoms with van der Waals surface area (Å²) in [5.41, 5.74) is 0.702. The van der Waals surface area contributed by atoms with Crippen LogP contribution in [0.25, 0.3) is 0 Å². The molecule has 0 saturated carbocycles. The summed E-state index contributed by atoms with van der Waals surface area (Å²) in [7, 11) is 0.430. The summed E-state index contributed by atoms with van der Waals surface area (Å²) in [6, 6.07) is 10.3. The maximum absolute atomic E-state index is 12.9. The second kappa shape index (κ2) is 10.8. The van der Waals surface area contributed by atoms with Gasteiger partial charge in [0.25, 0.3) is 5.91 Å². The van der Waals surface area contributed by atoms with E-state index in [0.29, 0.717) is 17.9 Å². The van der Waals surface area contributed by atoms with Gasteiger partial charge < -0.3 is 19.5 Å². The van der Waals surface area contributed by atoms with Crippen LogP contribution >= 0.6 is 0 Å². The summed E-state index contributed by atoms with van der Waals surface area (Å²) in [4.78, 5) is 36.8. The van der Waals surface area contributed by atoms with Gasteiger partial charge in [0, 0.05) is 7.05 Å². The number of rotatable bonds is 9. The lowest BCUT2D eigenvalue weighted by Gasteiger charge is -2.20. The highest BCUT2D eigenvalue weighted by molar-refractivity contribution is 7.92. The van der Waals surface area contributed by atoms with E-state index in [0.717, 1.165) is 10.6 Å². The predicted molar refractivity (Wildman–Crippen MR) is 122 cm³/mol. The number of hydrogen-bond donors (Lipinski definition) is 1. The molecule has 0 aliphatic rings. The Labute approximate surface area is 192 Å². The first-order valence-electron chi connectivity index (χ1n) is 9.84. The highest BCUT2D eigenvalue weighted by atomic mass is 32.2. The monoisotopic (exact) mass is 478 g/mol. The standard InChI is InChI=1S/C22H26N2O8S/c1-6-19(32-16-10-8-15(9-11-16)24(2)33(5,28)29)20(25)23-18-13-14(21(26)30-3)7-12-17(18)22(27)31-4/h7-13,19H,6H2,1-5H3,(H,23,25)/t19-/m0/s1. The van der Waals surface area contributed by atoms with Crippen LogP contribution in [0.3, 0.4) is 0 Å². The number of carbonyl (C=O) groups excluding carboxylic acids is 3. The van der Waals surface area contributed by atoms with Crippen LogP contribution < -0.4 is 14.4 Å². The molecular formula is C22H26N2O8S. The third-order valence-corrected chi connectivity index (χ3v) is 5.95. The molecule has 1 N–H and O–H groups in total. The van der Waals surface area contributed by atoms with Crippen molar-refractivity contribution in [2.24, 2.45) is 0 Å². The lowest BCUT2D eigenvalue weighted by molar-refractivity contribution is -0.122. The van der Waals surface area contributed by atoms with E-state index >= 15 is 0 Å². The molecule has 10 nitrogen and oxygen atoms in total. The Morgan fingerprint density at radius 3 is 2.12 bits per heavy atom. The van der Waals surface area contributed by atoms with Crippen molar-refractivity contribution in [1.29, 1.82) is 0 Å². The number of sulfonamides is 1. The lowest BCUT2D eigenvalue weighted by Crippen LogP contribution is -2.33. The largest absolute Gasteiger partial charge is 0.481 e. The van der Waals surface area contributed by atoms with Crippen molar-refractivity contribution in [1.82, 2.24) is 0 Å². The highest BCUT2D eigenvalue weighted by Gasteiger charge is 2.23. The number of methoxy groups -OCH3 is 2. The molecule has 0 aliphatic heterocycles. The van der Waals surface area contributed by atoms with Crippen LogP contribution in [0.5, 0.6) is 5.75 Å². The van der Waals surface area contributed by atoms with Gasteiger partial charge >= 0.3 is 11.9 Å². The quantitative estimate of drug-likeness (QED) is 0.544. The normalized spacial score (nSPS) is 11.8. The average Bonchev–Trinajstić information content (AvgIpc) is 2.80. The minimum Gasteiger partial charge on any atom is -0.481 e. The molecule has 1 amide bonds. The van der Waals surface area contributed by atoms with Crippen molar-refractivity contribution in [3.63, 3.8) is 0 Å². The summed E-state index contributed by atoms with van der Waals surface area (Å²) in [5.74, 6) is -1.54. The average molecular weight is 479 g/mol. The Bertz CT molecular complexity index is 1130. The summed E-state index contributed by atoms with van der Waals surface area (Å²) < 4.78 is 39.6. The molecule has 0 spiro atoms. The van der Waals surface area contributed by atoms with E-state index in [9.17, 15) is 22.8 Å². The van der Waals surface area contributed by atoms with E-state index in [1.807, 2.05) is 0 Å². The number of amides is 1. The molecular weight excluding hydrogens is 452 g/mol. The number of esters is 2. The first kappa shape index (κ1) is 25.7. The first-order valence-corrected chi connectivity index (χ1v) is 11.7. The molecule has 2 rings (SSSR count). The van der Waals surface area contributed by atoms with E-state index < -0.39 is 34.0 Å². The molecule has 0 unspecified atom stereocenters. The van der Waals surface area contributed by atoms with Crippen LogP contribution in [-0.4, -0.2) is 59.9 Å². The molecule has 178 valence electrons. The zero-order valence-corrected chi connectivity index (χ0v) is 19.8. The third kappa shape index (κ3) is 6.45. The van der Waals surface area contributed by atoms with Crippen LogP contribution in [0, 0.1) is 0 Å². The van der Waals surface area contributed by atoms with E-state index in [-0.39, 0.29) is 16.8 Å². The molecule has 11 heteroatoms. The number of anilines is 2. The van der Waals surface area contributed by atoms with Gasteiger partial charge in [-0.05, 0) is 48.9 Å². The maximum atomic E-state index is 12.9. The minimum atomic E-state index is -3.41. The molecule has 1 atom stereocenters. The molecule has 0 fully saturated rings. The number of nitrogens with zero attached hydrogens (tertiary/aromatic N) is 1. The second-order valence-corrected chi connectivity index (χ2v) is 8.99. The second-order valence-electron chi connectivity index (χ2n) is 6.97. The van der Waals surface area contributed by atoms with Crippen molar-refractivity contribution in [2.45, 2.75) is 19.4 Å². The fourth-order valence-corrected chi connectivity index (χ4v) is 3.31. The topological polar surface area (TPSA) is 128 Å². The SMILES string of the molecule is CC[C@H](Oc1ccc(N(C)S(C)(=O)=O)cc1)C(=O)Nc1cc(C(=O)OC)ccc1C(=O)OC. The predicted octanol–water partition coefficient (Wildman–Crippen LogP) is 2.45. The molecule has 2 aromatic rings. The van der Waals surface area contributed by atoms with Crippen LogP contribution in [0.1, 0.15) is 34.1 Å². The number of hydrogen-bond acceptors (Lipinski definition) is 8. The van der Waals surface area contributed by atoms with Crippen molar-refractivity contribution in [3.8, 4) is 5.75 Å². The van der Waals surface area contributed by atoms with Crippen molar-refractivity contribution in [2.75, 3.05) is 37.1 Å². The fourth-order valence-electron chi connectivity index (χ4n) is 2.81. The van der Waals surface area contributed by atoms with E-state index in [4.69, 9.17) is 9.47 Å². The Kier molecular flexibility index (Phi) is 8.41. The molecule has 0 aromatic heterocycles. The maximum Gasteiger partial charge on any atom is 0.339 e. The fraction of sp³-hybridized carbons (Fsp3) is 0.318. The molecule has 0 heterocycles. The van der Waals surface area contributed by atoms with Crippen LogP contribution in [0.4, 0.5) is 11.4 Å². The lowest BCUT2D eigenvalue weighted by atomic mass is 10.1. The van der Waals surface area contributed by atoms with Gasteiger partial charge in [-0.15, -0.1) is 0 Å². The van der Waals surface area contributed by atoms with Crippen molar-refractivity contribution >= 4 is 39.2 Å². The van der Waals surface area contributed by atoms with E-state index in [1.165, 1.54) is 39.5 Å². The molecule has 0 aliphatic carbocycles. The van der Waals surface area contributed by atoms with Gasteiger partial charge in [0.15, 0.2) is 6.10 Å². The number of nitrogens with one attached hydrogen (secondary N) is 1. The summed E-state index contributed by atoms with van der Waals surface area (Å²) in [6.07, 6.45) is 0.448. The Balaban J connectivity index is 2.24. The highest BCUT2D eigenvalue weighted by Crippen LogP contribution is 2.23. The number of carbonyl (C=O) groups is 3. The Hall–Kier alpha value is -3.60. The first-order chi connectivity index (χ1) is 15.5. The van der Waals surface area contributed by atoms with Crippen molar-refractivity contribution < 1.29 is 37.0 Å². The van der Waals surface area contributed by atoms with Gasteiger partial charge in [0.05, 0.1) is 43.0 Å². The van der Waals surface area contributed by atoms with Gasteiger partial charge in [0.2, 0.25) is 10.0 Å². The van der Waals surface area contributed by atoms with Gasteiger partial charge in [-0.1, -0.05) is 6.92 Å². The summed E-state index contributed by atoms with van der Waals surface area (Å²) >= 11 is 0.